The minimum atomic E-state index is -0.721. The number of rotatable bonds is 5. The maximum absolute atomic E-state index is 13.0. The zero-order valence-electron chi connectivity index (χ0n) is 16.6. The van der Waals surface area contributed by atoms with E-state index in [0.717, 1.165) is 22.6 Å². The molecule has 0 aliphatic carbocycles. The molecule has 0 aromatic heterocycles. The lowest BCUT2D eigenvalue weighted by molar-refractivity contribution is -0.148. The van der Waals surface area contributed by atoms with Gasteiger partial charge in [0.05, 0.1) is 17.8 Å². The van der Waals surface area contributed by atoms with E-state index in [-0.39, 0.29) is 18.3 Å². The van der Waals surface area contributed by atoms with E-state index in [1.807, 2.05) is 52.0 Å². The highest BCUT2D eigenvalue weighted by Crippen LogP contribution is 2.40. The van der Waals surface area contributed by atoms with Crippen molar-refractivity contribution >= 4 is 23.1 Å². The van der Waals surface area contributed by atoms with Crippen LogP contribution in [0.2, 0.25) is 0 Å². The molecule has 0 spiro atoms. The average Bonchev–Trinajstić information content (AvgIpc) is 2.67. The van der Waals surface area contributed by atoms with Crippen LogP contribution in [0.15, 0.2) is 36.3 Å². The Balaban J connectivity index is 1.81. The Kier molecular flexibility index (Phi) is 5.63. The van der Waals surface area contributed by atoms with Crippen LogP contribution in [0.3, 0.4) is 0 Å². The molecule has 150 valence electrons. The Hall–Kier alpha value is -2.96. The summed E-state index contributed by atoms with van der Waals surface area (Å²) in [6, 6.07) is 5.62. The number of allylic oxidation sites excluding steroid dienone is 1. The molecular weight excluding hydrogens is 362 g/mol. The molecule has 0 atom stereocenters. The number of fused-ring (bicyclic) bond motifs is 1. The zero-order valence-corrected chi connectivity index (χ0v) is 16.6. The van der Waals surface area contributed by atoms with E-state index in [4.69, 9.17) is 18.9 Å². The van der Waals surface area contributed by atoms with Gasteiger partial charge in [0.2, 0.25) is 5.76 Å². The maximum Gasteiger partial charge on any atom is 0.377 e. The first kappa shape index (κ1) is 19.8. The van der Waals surface area contributed by atoms with Gasteiger partial charge < -0.3 is 18.9 Å². The quantitative estimate of drug-likeness (QED) is 0.723. The third-order valence-electron chi connectivity index (χ3n) is 4.52. The maximum atomic E-state index is 13.0. The lowest BCUT2D eigenvalue weighted by Gasteiger charge is -2.41. The van der Waals surface area contributed by atoms with Gasteiger partial charge in [-0.25, -0.2) is 4.79 Å². The van der Waals surface area contributed by atoms with Crippen molar-refractivity contribution in [2.75, 3.05) is 31.3 Å². The highest BCUT2D eigenvalue weighted by atomic mass is 16.6. The van der Waals surface area contributed by atoms with Gasteiger partial charge in [-0.05, 0) is 51.5 Å². The van der Waals surface area contributed by atoms with Crippen LogP contribution in [-0.2, 0) is 23.8 Å². The monoisotopic (exact) mass is 387 g/mol. The summed E-state index contributed by atoms with van der Waals surface area (Å²) in [6.07, 6.45) is 3.23. The molecule has 0 saturated heterocycles. The lowest BCUT2D eigenvalue weighted by Crippen LogP contribution is -2.50. The second-order valence-electron chi connectivity index (χ2n) is 7.10. The molecule has 0 fully saturated rings. The largest absolute Gasteiger partial charge is 0.494 e. The van der Waals surface area contributed by atoms with Gasteiger partial charge >= 0.3 is 5.97 Å². The second kappa shape index (κ2) is 7.96. The minimum absolute atomic E-state index is 0.0329. The molecule has 0 radical (unpaired) electrons. The number of carbonyl (C=O) groups is 2. The van der Waals surface area contributed by atoms with Gasteiger partial charge in [0.15, 0.2) is 6.61 Å². The van der Waals surface area contributed by atoms with Crippen molar-refractivity contribution in [2.45, 2.75) is 33.2 Å². The molecule has 2 aliphatic heterocycles. The van der Waals surface area contributed by atoms with Crippen LogP contribution in [0.1, 0.15) is 33.3 Å². The van der Waals surface area contributed by atoms with Crippen molar-refractivity contribution in [1.29, 1.82) is 0 Å². The van der Waals surface area contributed by atoms with Crippen LogP contribution in [-0.4, -0.2) is 43.8 Å². The summed E-state index contributed by atoms with van der Waals surface area (Å²) < 4.78 is 21.0. The normalized spacial score (nSPS) is 17.4. The van der Waals surface area contributed by atoms with Gasteiger partial charge in [0, 0.05) is 5.56 Å². The van der Waals surface area contributed by atoms with E-state index in [1.165, 1.54) is 6.26 Å². The standard InChI is InChI=1S/C21H25NO6/c1-5-26-15-6-7-17-16(10-15)14(2)11-21(3,4)22(17)19(23)13-28-20(24)18-12-25-8-9-27-18/h6-7,10-12H,5,8-9,13H2,1-4H3. The Morgan fingerprint density at radius 2 is 2.04 bits per heavy atom. The number of carbonyl (C=O) groups excluding carboxylic acids is 2. The average molecular weight is 387 g/mol. The second-order valence-corrected chi connectivity index (χ2v) is 7.10. The number of benzene rings is 1. The van der Waals surface area contributed by atoms with E-state index in [1.54, 1.807) is 4.90 Å². The van der Waals surface area contributed by atoms with Crippen molar-refractivity contribution in [3.8, 4) is 5.75 Å². The first-order valence-electron chi connectivity index (χ1n) is 9.25. The molecule has 1 aromatic rings. The van der Waals surface area contributed by atoms with Crippen molar-refractivity contribution in [1.82, 2.24) is 0 Å². The van der Waals surface area contributed by atoms with E-state index in [0.29, 0.717) is 13.2 Å². The summed E-state index contributed by atoms with van der Waals surface area (Å²) in [7, 11) is 0. The van der Waals surface area contributed by atoms with Gasteiger partial charge in [-0.3, -0.25) is 9.69 Å². The molecule has 2 aliphatic rings. The Morgan fingerprint density at radius 1 is 1.25 bits per heavy atom. The van der Waals surface area contributed by atoms with Gasteiger partial charge in [0.25, 0.3) is 5.91 Å². The molecule has 0 N–H and O–H groups in total. The van der Waals surface area contributed by atoms with Crippen molar-refractivity contribution in [3.05, 3.63) is 41.9 Å². The molecule has 0 saturated carbocycles. The molecule has 7 heteroatoms. The number of anilines is 1. The molecule has 0 unspecified atom stereocenters. The van der Waals surface area contributed by atoms with Crippen molar-refractivity contribution < 1.29 is 28.5 Å². The van der Waals surface area contributed by atoms with Gasteiger partial charge in [0.1, 0.15) is 25.2 Å². The fourth-order valence-corrected chi connectivity index (χ4v) is 3.46. The van der Waals surface area contributed by atoms with Crippen LogP contribution in [0, 0.1) is 0 Å². The smallest absolute Gasteiger partial charge is 0.377 e. The predicted octanol–water partition coefficient (Wildman–Crippen LogP) is 3.05. The first-order valence-corrected chi connectivity index (χ1v) is 9.25. The van der Waals surface area contributed by atoms with Gasteiger partial charge in [-0.15, -0.1) is 0 Å². The summed E-state index contributed by atoms with van der Waals surface area (Å²) in [5.74, 6) is -0.338. The summed E-state index contributed by atoms with van der Waals surface area (Å²) in [6.45, 7) is 8.62. The summed E-state index contributed by atoms with van der Waals surface area (Å²) in [5, 5.41) is 0. The number of nitrogens with zero attached hydrogens (tertiary/aromatic N) is 1. The van der Waals surface area contributed by atoms with Crippen LogP contribution in [0.25, 0.3) is 5.57 Å². The Labute approximate surface area is 164 Å². The Bertz CT molecular complexity index is 839. The van der Waals surface area contributed by atoms with Gasteiger partial charge in [-0.1, -0.05) is 6.08 Å². The third-order valence-corrected chi connectivity index (χ3v) is 4.52. The molecule has 28 heavy (non-hydrogen) atoms. The predicted molar refractivity (Wildman–Crippen MR) is 104 cm³/mol. The molecule has 1 amide bonds. The molecule has 7 nitrogen and oxygen atoms in total. The van der Waals surface area contributed by atoms with Crippen molar-refractivity contribution in [3.63, 3.8) is 0 Å². The van der Waals surface area contributed by atoms with Crippen LogP contribution in [0.5, 0.6) is 5.75 Å². The highest BCUT2D eigenvalue weighted by molar-refractivity contribution is 6.02. The minimum Gasteiger partial charge on any atom is -0.494 e. The summed E-state index contributed by atoms with van der Waals surface area (Å²) in [5.41, 5.74) is 2.15. The first-order chi connectivity index (χ1) is 13.3. The van der Waals surface area contributed by atoms with Crippen LogP contribution >= 0.6 is 0 Å². The van der Waals surface area contributed by atoms with Crippen LogP contribution in [0.4, 0.5) is 5.69 Å². The van der Waals surface area contributed by atoms with Gasteiger partial charge in [-0.2, -0.15) is 0 Å². The molecule has 0 bridgehead atoms. The van der Waals surface area contributed by atoms with E-state index < -0.39 is 18.1 Å². The fraction of sp³-hybridized carbons (Fsp3) is 0.429. The number of esters is 1. The third kappa shape index (κ3) is 3.98. The number of amides is 1. The number of hydrogen-bond donors (Lipinski definition) is 0. The fourth-order valence-electron chi connectivity index (χ4n) is 3.46. The Morgan fingerprint density at radius 3 is 2.71 bits per heavy atom. The summed E-state index contributed by atoms with van der Waals surface area (Å²) >= 11 is 0. The number of hydrogen-bond acceptors (Lipinski definition) is 6. The van der Waals surface area contributed by atoms with Crippen LogP contribution < -0.4 is 9.64 Å². The molecule has 3 rings (SSSR count). The molecular formula is C21H25NO6. The van der Waals surface area contributed by atoms with Crippen molar-refractivity contribution in [2.24, 2.45) is 0 Å². The lowest BCUT2D eigenvalue weighted by atomic mass is 9.88. The zero-order chi connectivity index (χ0) is 20.3. The highest BCUT2D eigenvalue weighted by Gasteiger charge is 2.36. The topological polar surface area (TPSA) is 74.3 Å². The van der Waals surface area contributed by atoms with E-state index in [2.05, 4.69) is 0 Å². The van der Waals surface area contributed by atoms with E-state index >= 15 is 0 Å². The summed E-state index contributed by atoms with van der Waals surface area (Å²) in [4.78, 5) is 26.7. The molecule has 2 heterocycles. The SMILES string of the molecule is CCOc1ccc2c(c1)C(C)=CC(C)(C)N2C(=O)COC(=O)C1=COCCO1. The van der Waals surface area contributed by atoms with E-state index in [9.17, 15) is 9.59 Å². The number of ether oxygens (including phenoxy) is 4. The molecule has 1 aromatic carbocycles.